The molecule has 0 saturated heterocycles. The Kier molecular flexibility index (Phi) is 7.05. The lowest BCUT2D eigenvalue weighted by molar-refractivity contribution is -0.0498. The maximum atomic E-state index is 12.4. The van der Waals surface area contributed by atoms with Crippen molar-refractivity contribution in [3.63, 3.8) is 0 Å². The van der Waals surface area contributed by atoms with Crippen molar-refractivity contribution in [1.82, 2.24) is 9.88 Å². The zero-order valence-corrected chi connectivity index (χ0v) is 17.4. The first kappa shape index (κ1) is 21.1. The van der Waals surface area contributed by atoms with Crippen molar-refractivity contribution in [2.45, 2.75) is 29.3 Å². The van der Waals surface area contributed by atoms with E-state index >= 15 is 0 Å². The van der Waals surface area contributed by atoms with Crippen LogP contribution in [0.4, 0.5) is 19.3 Å². The second kappa shape index (κ2) is 9.71. The van der Waals surface area contributed by atoms with Gasteiger partial charge in [-0.2, -0.15) is 8.78 Å². The van der Waals surface area contributed by atoms with E-state index in [1.165, 1.54) is 17.0 Å². The van der Waals surface area contributed by atoms with Crippen LogP contribution in [0.15, 0.2) is 63.1 Å². The van der Waals surface area contributed by atoms with Gasteiger partial charge in [0.2, 0.25) is 0 Å². The van der Waals surface area contributed by atoms with Crippen molar-refractivity contribution in [1.29, 1.82) is 0 Å². The first-order chi connectivity index (χ1) is 13.9. The highest BCUT2D eigenvalue weighted by Crippen LogP contribution is 2.30. The summed E-state index contributed by atoms with van der Waals surface area (Å²) >= 11 is 3.17. The highest BCUT2D eigenvalue weighted by molar-refractivity contribution is 8.01. The first-order valence-corrected chi connectivity index (χ1v) is 10.3. The second-order valence-corrected chi connectivity index (χ2v) is 8.37. The van der Waals surface area contributed by atoms with E-state index in [1.807, 2.05) is 36.6 Å². The van der Waals surface area contributed by atoms with E-state index in [0.717, 1.165) is 20.5 Å². The number of aromatic nitrogens is 1. The molecule has 0 atom stereocenters. The lowest BCUT2D eigenvalue weighted by Crippen LogP contribution is -2.30. The molecule has 152 valence electrons. The van der Waals surface area contributed by atoms with Crippen molar-refractivity contribution < 1.29 is 18.3 Å². The van der Waals surface area contributed by atoms with Gasteiger partial charge in [-0.1, -0.05) is 23.9 Å². The standard InChI is InChI=1S/C20H19F2N3O2S2/c1-13-12-28-20(23-13)29-17-9-5-15(6-10-17)24-19(26)25(2)11-14-3-7-16(8-4-14)27-18(21)22/h3-10,12,18H,11H2,1-2H3,(H,24,26). The molecule has 2 aromatic carbocycles. The average molecular weight is 436 g/mol. The number of carbonyl (C=O) groups is 1. The number of urea groups is 1. The van der Waals surface area contributed by atoms with Crippen molar-refractivity contribution in [3.05, 3.63) is 65.2 Å². The molecule has 0 bridgehead atoms. The number of aryl methyl sites for hydroxylation is 1. The third kappa shape index (κ3) is 6.43. The van der Waals surface area contributed by atoms with E-state index in [0.29, 0.717) is 12.2 Å². The summed E-state index contributed by atoms with van der Waals surface area (Å²) < 4.78 is 29.7. The van der Waals surface area contributed by atoms with E-state index in [4.69, 9.17) is 0 Å². The van der Waals surface area contributed by atoms with Gasteiger partial charge in [-0.05, 0) is 48.9 Å². The van der Waals surface area contributed by atoms with Crippen molar-refractivity contribution >= 4 is 34.8 Å². The first-order valence-electron chi connectivity index (χ1n) is 8.65. The van der Waals surface area contributed by atoms with Crippen LogP contribution in [0.5, 0.6) is 5.75 Å². The number of anilines is 1. The molecule has 5 nitrogen and oxygen atoms in total. The lowest BCUT2D eigenvalue weighted by Gasteiger charge is -2.18. The zero-order chi connectivity index (χ0) is 20.8. The number of hydrogen-bond donors (Lipinski definition) is 1. The normalized spacial score (nSPS) is 10.8. The summed E-state index contributed by atoms with van der Waals surface area (Å²) in [5.74, 6) is 0.0849. The van der Waals surface area contributed by atoms with Crippen LogP contribution in [0.3, 0.4) is 0 Å². The fourth-order valence-corrected chi connectivity index (χ4v) is 4.24. The number of ether oxygens (including phenoxy) is 1. The SMILES string of the molecule is Cc1csc(Sc2ccc(NC(=O)N(C)Cc3ccc(OC(F)F)cc3)cc2)n1. The Morgan fingerprint density at radius 1 is 1.21 bits per heavy atom. The highest BCUT2D eigenvalue weighted by Gasteiger charge is 2.11. The van der Waals surface area contributed by atoms with Gasteiger partial charge in [0.25, 0.3) is 0 Å². The number of alkyl halides is 2. The summed E-state index contributed by atoms with van der Waals surface area (Å²) in [5, 5.41) is 4.84. The van der Waals surface area contributed by atoms with Gasteiger partial charge < -0.3 is 15.0 Å². The molecule has 9 heteroatoms. The fourth-order valence-electron chi connectivity index (χ4n) is 2.43. The van der Waals surface area contributed by atoms with Crippen LogP contribution >= 0.6 is 23.1 Å². The Morgan fingerprint density at radius 2 is 1.90 bits per heavy atom. The van der Waals surface area contributed by atoms with Crippen LogP contribution in [-0.4, -0.2) is 29.6 Å². The Balaban J connectivity index is 1.52. The van der Waals surface area contributed by atoms with Gasteiger partial charge in [0.05, 0.1) is 0 Å². The molecule has 0 radical (unpaired) electrons. The quantitative estimate of drug-likeness (QED) is 0.504. The number of hydrogen-bond acceptors (Lipinski definition) is 5. The van der Waals surface area contributed by atoms with Gasteiger partial charge in [0, 0.05) is 35.2 Å². The van der Waals surface area contributed by atoms with Crippen LogP contribution in [0.1, 0.15) is 11.3 Å². The fraction of sp³-hybridized carbons (Fsp3) is 0.200. The molecule has 0 saturated carbocycles. The molecule has 0 fully saturated rings. The number of amides is 2. The zero-order valence-electron chi connectivity index (χ0n) is 15.8. The van der Waals surface area contributed by atoms with Gasteiger partial charge in [-0.15, -0.1) is 11.3 Å². The summed E-state index contributed by atoms with van der Waals surface area (Å²) in [6.07, 6.45) is 0. The van der Waals surface area contributed by atoms with Crippen LogP contribution < -0.4 is 10.1 Å². The molecule has 3 rings (SSSR count). The predicted molar refractivity (Wildman–Crippen MR) is 111 cm³/mol. The third-order valence-electron chi connectivity index (χ3n) is 3.82. The van der Waals surface area contributed by atoms with Gasteiger partial charge >= 0.3 is 12.6 Å². The molecule has 0 aliphatic rings. The van der Waals surface area contributed by atoms with Gasteiger partial charge in [-0.3, -0.25) is 0 Å². The van der Waals surface area contributed by atoms with Gasteiger partial charge in [0.15, 0.2) is 4.34 Å². The predicted octanol–water partition coefficient (Wildman–Crippen LogP) is 5.87. The largest absolute Gasteiger partial charge is 0.435 e. The number of nitrogens with zero attached hydrogens (tertiary/aromatic N) is 2. The number of halogens is 2. The summed E-state index contributed by atoms with van der Waals surface area (Å²) in [5.41, 5.74) is 2.48. The van der Waals surface area contributed by atoms with Crippen LogP contribution in [0, 0.1) is 6.92 Å². The van der Waals surface area contributed by atoms with E-state index in [9.17, 15) is 13.6 Å². The highest BCUT2D eigenvalue weighted by atomic mass is 32.2. The van der Waals surface area contributed by atoms with E-state index in [-0.39, 0.29) is 11.8 Å². The number of rotatable bonds is 7. The molecule has 0 spiro atoms. The van der Waals surface area contributed by atoms with Crippen molar-refractivity contribution in [2.24, 2.45) is 0 Å². The summed E-state index contributed by atoms with van der Waals surface area (Å²) in [6.45, 7) is -0.566. The van der Waals surface area contributed by atoms with Crippen LogP contribution in [0.25, 0.3) is 0 Å². The Labute approximate surface area is 175 Å². The van der Waals surface area contributed by atoms with Gasteiger partial charge in [-0.25, -0.2) is 9.78 Å². The molecule has 1 heterocycles. The molecule has 3 aromatic rings. The second-order valence-electron chi connectivity index (χ2n) is 6.19. The minimum Gasteiger partial charge on any atom is -0.435 e. The Morgan fingerprint density at radius 3 is 2.48 bits per heavy atom. The number of nitrogens with one attached hydrogen (secondary N) is 1. The Bertz CT molecular complexity index is 947. The molecule has 2 amide bonds. The lowest BCUT2D eigenvalue weighted by atomic mass is 10.2. The number of thiazole rings is 1. The van der Waals surface area contributed by atoms with E-state index in [1.54, 1.807) is 42.3 Å². The molecular weight excluding hydrogens is 416 g/mol. The number of carbonyl (C=O) groups excluding carboxylic acids is 1. The number of benzene rings is 2. The van der Waals surface area contributed by atoms with E-state index < -0.39 is 6.61 Å². The molecule has 29 heavy (non-hydrogen) atoms. The molecule has 1 aromatic heterocycles. The average Bonchev–Trinajstić information content (AvgIpc) is 3.09. The minimum atomic E-state index is -2.86. The van der Waals surface area contributed by atoms with Gasteiger partial charge in [0.1, 0.15) is 5.75 Å². The molecule has 1 N–H and O–H groups in total. The summed E-state index contributed by atoms with van der Waals surface area (Å²) in [6, 6.07) is 13.5. The smallest absolute Gasteiger partial charge is 0.387 e. The molecule has 0 aliphatic carbocycles. The van der Waals surface area contributed by atoms with E-state index in [2.05, 4.69) is 15.0 Å². The maximum Gasteiger partial charge on any atom is 0.387 e. The third-order valence-corrected chi connectivity index (χ3v) is 5.89. The molecule has 0 aliphatic heterocycles. The maximum absolute atomic E-state index is 12.4. The molecule has 0 unspecified atom stereocenters. The monoisotopic (exact) mass is 435 g/mol. The topological polar surface area (TPSA) is 54.5 Å². The summed E-state index contributed by atoms with van der Waals surface area (Å²) in [7, 11) is 1.66. The van der Waals surface area contributed by atoms with Crippen LogP contribution in [0.2, 0.25) is 0 Å². The van der Waals surface area contributed by atoms with Crippen molar-refractivity contribution in [3.8, 4) is 5.75 Å². The Hall–Kier alpha value is -2.65. The van der Waals surface area contributed by atoms with Crippen LogP contribution in [-0.2, 0) is 6.54 Å². The van der Waals surface area contributed by atoms with Crippen molar-refractivity contribution in [2.75, 3.05) is 12.4 Å². The minimum absolute atomic E-state index is 0.0849. The molecular formula is C20H19F2N3O2S2. The summed E-state index contributed by atoms with van der Waals surface area (Å²) in [4.78, 5) is 19.3.